The maximum absolute atomic E-state index is 12.5. The average molecular weight is 341 g/mol. The number of piperidine rings is 1. The van der Waals surface area contributed by atoms with E-state index in [1.165, 1.54) is 5.56 Å². The van der Waals surface area contributed by atoms with Crippen molar-refractivity contribution < 1.29 is 14.3 Å². The molecule has 6 nitrogen and oxygen atoms in total. The Hall–Kier alpha value is -2.50. The Morgan fingerprint density at radius 1 is 1.32 bits per heavy atom. The monoisotopic (exact) mass is 341 g/mol. The number of ether oxygens (including phenoxy) is 1. The van der Waals surface area contributed by atoms with Crippen molar-refractivity contribution in [3.05, 3.63) is 35.4 Å². The van der Waals surface area contributed by atoms with E-state index in [2.05, 4.69) is 11.4 Å². The van der Waals surface area contributed by atoms with E-state index >= 15 is 0 Å². The van der Waals surface area contributed by atoms with E-state index in [4.69, 9.17) is 4.74 Å². The van der Waals surface area contributed by atoms with Crippen LogP contribution in [0.15, 0.2) is 24.3 Å². The summed E-state index contributed by atoms with van der Waals surface area (Å²) >= 11 is 0. The molecule has 1 aromatic carbocycles. The van der Waals surface area contributed by atoms with Crippen LogP contribution in [0, 0.1) is 0 Å². The van der Waals surface area contributed by atoms with Crippen molar-refractivity contribution in [1.82, 2.24) is 15.1 Å². The fourth-order valence-electron chi connectivity index (χ4n) is 3.93. The first-order valence-corrected chi connectivity index (χ1v) is 8.82. The topological polar surface area (TPSA) is 61.9 Å². The number of nitrogens with one attached hydrogen (secondary N) is 1. The number of amides is 3. The molecule has 4 rings (SSSR count). The van der Waals surface area contributed by atoms with Gasteiger partial charge >= 0.3 is 6.03 Å². The molecule has 25 heavy (non-hydrogen) atoms. The number of urea groups is 1. The zero-order valence-corrected chi connectivity index (χ0v) is 14.5. The molecule has 3 aliphatic heterocycles. The lowest BCUT2D eigenvalue weighted by molar-refractivity contribution is -0.128. The van der Waals surface area contributed by atoms with Gasteiger partial charge in [-0.15, -0.1) is 0 Å². The molecule has 0 radical (unpaired) electrons. The summed E-state index contributed by atoms with van der Waals surface area (Å²) in [4.78, 5) is 27.9. The minimum Gasteiger partial charge on any atom is -0.493 e. The molecule has 0 bridgehead atoms. The Morgan fingerprint density at radius 3 is 2.84 bits per heavy atom. The van der Waals surface area contributed by atoms with Gasteiger partial charge in [-0.3, -0.25) is 4.79 Å². The van der Waals surface area contributed by atoms with Crippen molar-refractivity contribution in [2.75, 3.05) is 33.3 Å². The van der Waals surface area contributed by atoms with Crippen LogP contribution >= 0.6 is 0 Å². The summed E-state index contributed by atoms with van der Waals surface area (Å²) in [5.41, 5.74) is 2.10. The molecule has 3 aliphatic rings. The third-order valence-corrected chi connectivity index (χ3v) is 5.72. The molecular formula is C19H23N3O3. The molecule has 1 aromatic rings. The van der Waals surface area contributed by atoms with Gasteiger partial charge in [0.15, 0.2) is 0 Å². The predicted octanol–water partition coefficient (Wildman–Crippen LogP) is 1.65. The minimum absolute atomic E-state index is 0.0136. The Bertz CT molecular complexity index is 735. The van der Waals surface area contributed by atoms with E-state index < -0.39 is 0 Å². The summed E-state index contributed by atoms with van der Waals surface area (Å²) in [6.45, 7) is 2.78. The molecule has 0 aliphatic carbocycles. The SMILES string of the molecule is CN1C(=O)NCC12CCN(C(=O)C=Cc1ccc3c(c1)CCO3)CC2. The van der Waals surface area contributed by atoms with Gasteiger partial charge in [-0.1, -0.05) is 6.07 Å². The van der Waals surface area contributed by atoms with Gasteiger partial charge in [-0.05, 0) is 42.2 Å². The zero-order valence-electron chi connectivity index (χ0n) is 14.5. The van der Waals surface area contributed by atoms with Crippen LogP contribution in [0.25, 0.3) is 6.08 Å². The third kappa shape index (κ3) is 2.86. The standard InChI is InChI=1S/C19H23N3O3/c1-21-18(24)20-13-19(21)7-9-22(10-8-19)17(23)5-3-14-2-4-16-15(12-14)6-11-25-16/h2-5,12H,6-11,13H2,1H3,(H,20,24). The first-order valence-electron chi connectivity index (χ1n) is 8.82. The van der Waals surface area contributed by atoms with Gasteiger partial charge in [0.25, 0.3) is 0 Å². The van der Waals surface area contributed by atoms with E-state index in [9.17, 15) is 9.59 Å². The van der Waals surface area contributed by atoms with Crippen molar-refractivity contribution in [2.24, 2.45) is 0 Å². The normalized spacial score (nSPS) is 21.6. The number of likely N-dealkylation sites (N-methyl/N-ethyl adjacent to an activating group) is 1. The number of likely N-dealkylation sites (tertiary alicyclic amines) is 1. The van der Waals surface area contributed by atoms with Crippen LogP contribution in [0.5, 0.6) is 5.75 Å². The highest BCUT2D eigenvalue weighted by Crippen LogP contribution is 2.31. The van der Waals surface area contributed by atoms with Crippen molar-refractivity contribution in [1.29, 1.82) is 0 Å². The lowest BCUT2D eigenvalue weighted by Crippen LogP contribution is -2.53. The van der Waals surface area contributed by atoms with Crippen LogP contribution < -0.4 is 10.1 Å². The summed E-state index contributed by atoms with van der Waals surface area (Å²) in [5, 5.41) is 2.90. The molecule has 0 saturated carbocycles. The fourth-order valence-corrected chi connectivity index (χ4v) is 3.93. The highest BCUT2D eigenvalue weighted by molar-refractivity contribution is 5.92. The van der Waals surface area contributed by atoms with E-state index in [0.717, 1.165) is 37.2 Å². The Morgan fingerprint density at radius 2 is 2.12 bits per heavy atom. The number of carbonyl (C=O) groups excluding carboxylic acids is 2. The summed E-state index contributed by atoms with van der Waals surface area (Å²) in [7, 11) is 1.84. The Kier molecular flexibility index (Phi) is 3.90. The van der Waals surface area contributed by atoms with Crippen molar-refractivity contribution in [3.8, 4) is 5.75 Å². The molecule has 1 N–H and O–H groups in total. The molecule has 2 saturated heterocycles. The highest BCUT2D eigenvalue weighted by atomic mass is 16.5. The summed E-state index contributed by atoms with van der Waals surface area (Å²) in [6, 6.07) is 6.02. The number of rotatable bonds is 2. The number of hydrogen-bond acceptors (Lipinski definition) is 3. The molecule has 3 amide bonds. The molecule has 0 unspecified atom stereocenters. The Labute approximate surface area is 147 Å². The van der Waals surface area contributed by atoms with E-state index in [-0.39, 0.29) is 17.5 Å². The van der Waals surface area contributed by atoms with Crippen molar-refractivity contribution >= 4 is 18.0 Å². The zero-order chi connectivity index (χ0) is 17.4. The first-order chi connectivity index (χ1) is 12.1. The number of benzene rings is 1. The number of hydrogen-bond donors (Lipinski definition) is 1. The summed E-state index contributed by atoms with van der Waals surface area (Å²) in [5.74, 6) is 0.986. The number of fused-ring (bicyclic) bond motifs is 1. The molecule has 3 heterocycles. The van der Waals surface area contributed by atoms with Crippen LogP contribution in [0.4, 0.5) is 4.79 Å². The fraction of sp³-hybridized carbons (Fsp3) is 0.474. The first kappa shape index (κ1) is 16.0. The van der Waals surface area contributed by atoms with E-state index in [1.807, 2.05) is 30.2 Å². The summed E-state index contributed by atoms with van der Waals surface area (Å²) in [6.07, 6.45) is 6.09. The van der Waals surface area contributed by atoms with Crippen LogP contribution in [0.1, 0.15) is 24.0 Å². The third-order valence-electron chi connectivity index (χ3n) is 5.72. The molecule has 0 atom stereocenters. The second-order valence-electron chi connectivity index (χ2n) is 7.07. The molecule has 1 spiro atoms. The second kappa shape index (κ2) is 6.10. The summed E-state index contributed by atoms with van der Waals surface area (Å²) < 4.78 is 5.50. The smallest absolute Gasteiger partial charge is 0.317 e. The predicted molar refractivity (Wildman–Crippen MR) is 94.4 cm³/mol. The van der Waals surface area contributed by atoms with Crippen LogP contribution in [0.2, 0.25) is 0 Å². The van der Waals surface area contributed by atoms with Gasteiger partial charge in [0.05, 0.1) is 12.1 Å². The molecule has 6 heteroatoms. The van der Waals surface area contributed by atoms with E-state index in [0.29, 0.717) is 19.6 Å². The number of carbonyl (C=O) groups is 2. The van der Waals surface area contributed by atoms with Crippen molar-refractivity contribution in [2.45, 2.75) is 24.8 Å². The lowest BCUT2D eigenvalue weighted by atomic mass is 9.87. The van der Waals surface area contributed by atoms with Crippen LogP contribution in [-0.2, 0) is 11.2 Å². The van der Waals surface area contributed by atoms with Gasteiger partial charge in [0, 0.05) is 39.2 Å². The van der Waals surface area contributed by atoms with Crippen LogP contribution in [0.3, 0.4) is 0 Å². The maximum atomic E-state index is 12.5. The maximum Gasteiger partial charge on any atom is 0.317 e. The lowest BCUT2D eigenvalue weighted by Gasteiger charge is -2.42. The quantitative estimate of drug-likeness (QED) is 0.832. The van der Waals surface area contributed by atoms with Crippen molar-refractivity contribution in [3.63, 3.8) is 0 Å². The van der Waals surface area contributed by atoms with Gasteiger partial charge in [0.1, 0.15) is 5.75 Å². The second-order valence-corrected chi connectivity index (χ2v) is 7.07. The molecular weight excluding hydrogens is 318 g/mol. The molecule has 0 aromatic heterocycles. The molecule has 2 fully saturated rings. The van der Waals surface area contributed by atoms with Gasteiger partial charge in [-0.25, -0.2) is 4.79 Å². The average Bonchev–Trinajstić information content (AvgIpc) is 3.21. The van der Waals surface area contributed by atoms with Gasteiger partial charge in [-0.2, -0.15) is 0 Å². The molecule has 132 valence electrons. The highest BCUT2D eigenvalue weighted by Gasteiger charge is 2.45. The van der Waals surface area contributed by atoms with E-state index in [1.54, 1.807) is 11.0 Å². The largest absolute Gasteiger partial charge is 0.493 e. The van der Waals surface area contributed by atoms with Gasteiger partial charge in [0.2, 0.25) is 5.91 Å². The number of nitrogens with zero attached hydrogens (tertiary/aromatic N) is 2. The Balaban J connectivity index is 1.37. The van der Waals surface area contributed by atoms with Gasteiger partial charge < -0.3 is 19.9 Å². The minimum atomic E-state index is -0.127. The van der Waals surface area contributed by atoms with Crippen LogP contribution in [-0.4, -0.2) is 60.6 Å².